The van der Waals surface area contributed by atoms with Crippen LogP contribution in [0, 0.1) is 27.2 Å². The van der Waals surface area contributed by atoms with Crippen molar-refractivity contribution >= 4 is 39.2 Å². The molecule has 0 aliphatic rings. The van der Waals surface area contributed by atoms with Crippen molar-refractivity contribution in [2.24, 2.45) is 0 Å². The van der Waals surface area contributed by atoms with E-state index in [1.807, 2.05) is 0 Å². The van der Waals surface area contributed by atoms with Gasteiger partial charge in [0.2, 0.25) is 0 Å². The number of hydrogen-bond acceptors (Lipinski definition) is 6. The highest BCUT2D eigenvalue weighted by atomic mass is 79.9. The lowest BCUT2D eigenvalue weighted by molar-refractivity contribution is -0.385. The Morgan fingerprint density at radius 2 is 1.79 bits per heavy atom. The first-order chi connectivity index (χ1) is 13.8. The van der Waals surface area contributed by atoms with Gasteiger partial charge in [-0.3, -0.25) is 25.0 Å². The SMILES string of the molecule is Cc1ccc(C(=O)C=Cc2ccc(-c3ccc([N+](=O)[O-])cc3Br)o2)cc1[N+](=O)[O-]. The summed E-state index contributed by atoms with van der Waals surface area (Å²) >= 11 is 3.29. The average molecular weight is 457 g/mol. The van der Waals surface area contributed by atoms with Crippen molar-refractivity contribution in [3.63, 3.8) is 0 Å². The largest absolute Gasteiger partial charge is 0.457 e. The number of nitrogens with zero attached hydrogens (tertiary/aromatic N) is 2. The van der Waals surface area contributed by atoms with Gasteiger partial charge in [0.15, 0.2) is 5.78 Å². The number of benzene rings is 2. The molecule has 1 aromatic heterocycles. The second kappa shape index (κ2) is 8.19. The maximum Gasteiger partial charge on any atom is 0.273 e. The first-order valence-corrected chi connectivity index (χ1v) is 9.07. The second-order valence-corrected chi connectivity index (χ2v) is 6.93. The van der Waals surface area contributed by atoms with Crippen molar-refractivity contribution in [3.8, 4) is 11.3 Å². The molecule has 0 amide bonds. The molecule has 0 radical (unpaired) electrons. The van der Waals surface area contributed by atoms with Crippen LogP contribution >= 0.6 is 15.9 Å². The molecule has 0 atom stereocenters. The van der Waals surface area contributed by atoms with E-state index < -0.39 is 15.6 Å². The number of carbonyl (C=O) groups excluding carboxylic acids is 1. The quantitative estimate of drug-likeness (QED) is 0.202. The number of furan rings is 1. The summed E-state index contributed by atoms with van der Waals surface area (Å²) < 4.78 is 6.17. The molecule has 0 unspecified atom stereocenters. The maximum atomic E-state index is 12.3. The molecule has 0 bridgehead atoms. The molecule has 0 saturated carbocycles. The van der Waals surface area contributed by atoms with E-state index in [2.05, 4.69) is 15.9 Å². The third kappa shape index (κ3) is 4.46. The van der Waals surface area contributed by atoms with E-state index in [9.17, 15) is 25.0 Å². The summed E-state index contributed by atoms with van der Waals surface area (Å²) in [5, 5.41) is 21.9. The van der Waals surface area contributed by atoms with Crippen LogP contribution in [0.15, 0.2) is 63.5 Å². The number of nitro benzene ring substituents is 2. The van der Waals surface area contributed by atoms with E-state index >= 15 is 0 Å². The lowest BCUT2D eigenvalue weighted by Gasteiger charge is -2.01. The van der Waals surface area contributed by atoms with Crippen LogP contribution in [-0.2, 0) is 0 Å². The van der Waals surface area contributed by atoms with E-state index in [1.165, 1.54) is 42.5 Å². The number of nitro groups is 2. The standard InChI is InChI=1S/C20H13BrN2O6/c1-12-2-3-13(10-18(12)23(27)28)19(24)8-5-15-6-9-20(29-15)16-7-4-14(22(25)26)11-17(16)21/h2-11H,1H3. The highest BCUT2D eigenvalue weighted by Gasteiger charge is 2.15. The Bertz CT molecular complexity index is 1170. The predicted octanol–water partition coefficient (Wildman–Crippen LogP) is 5.73. The molecule has 146 valence electrons. The molecular formula is C20H13BrN2O6. The van der Waals surface area contributed by atoms with Crippen molar-refractivity contribution in [3.05, 3.63) is 96.2 Å². The number of allylic oxidation sites excluding steroid dienone is 1. The van der Waals surface area contributed by atoms with E-state index in [4.69, 9.17) is 4.42 Å². The Morgan fingerprint density at radius 1 is 1.03 bits per heavy atom. The molecule has 0 aliphatic carbocycles. The summed E-state index contributed by atoms with van der Waals surface area (Å²) in [5.74, 6) is 0.452. The summed E-state index contributed by atoms with van der Waals surface area (Å²) in [6.45, 7) is 1.60. The summed E-state index contributed by atoms with van der Waals surface area (Å²) in [4.78, 5) is 33.1. The summed E-state index contributed by atoms with van der Waals surface area (Å²) in [5.41, 5.74) is 1.12. The number of halogens is 1. The van der Waals surface area contributed by atoms with Gasteiger partial charge in [-0.15, -0.1) is 0 Å². The van der Waals surface area contributed by atoms with Crippen LogP contribution in [0.4, 0.5) is 11.4 Å². The van der Waals surface area contributed by atoms with E-state index in [1.54, 1.807) is 25.1 Å². The fraction of sp³-hybridized carbons (Fsp3) is 0.0500. The Balaban J connectivity index is 1.81. The Morgan fingerprint density at radius 3 is 2.45 bits per heavy atom. The van der Waals surface area contributed by atoms with E-state index in [0.717, 1.165) is 0 Å². The number of ketones is 1. The normalized spacial score (nSPS) is 11.0. The minimum absolute atomic E-state index is 0.0508. The minimum atomic E-state index is -0.531. The van der Waals surface area contributed by atoms with Crippen LogP contribution in [0.3, 0.4) is 0 Å². The van der Waals surface area contributed by atoms with E-state index in [0.29, 0.717) is 27.1 Å². The fourth-order valence-corrected chi connectivity index (χ4v) is 3.18. The molecule has 0 spiro atoms. The van der Waals surface area contributed by atoms with Gasteiger partial charge in [-0.1, -0.05) is 12.1 Å². The molecule has 3 aromatic rings. The minimum Gasteiger partial charge on any atom is -0.457 e. The predicted molar refractivity (Wildman–Crippen MR) is 110 cm³/mol. The van der Waals surface area contributed by atoms with Crippen molar-refractivity contribution in [2.45, 2.75) is 6.92 Å². The molecule has 29 heavy (non-hydrogen) atoms. The zero-order valence-corrected chi connectivity index (χ0v) is 16.6. The second-order valence-electron chi connectivity index (χ2n) is 6.08. The summed E-state index contributed by atoms with van der Waals surface area (Å²) in [6, 6.07) is 11.9. The Labute approximate surface area is 172 Å². The Kier molecular flexibility index (Phi) is 5.69. The fourth-order valence-electron chi connectivity index (χ4n) is 2.62. The molecule has 9 heteroatoms. The third-order valence-corrected chi connectivity index (χ3v) is 4.80. The van der Waals surface area contributed by atoms with Gasteiger partial charge in [-0.25, -0.2) is 0 Å². The smallest absolute Gasteiger partial charge is 0.273 e. The molecular weight excluding hydrogens is 444 g/mol. The zero-order valence-electron chi connectivity index (χ0n) is 15.0. The average Bonchev–Trinajstić information content (AvgIpc) is 3.14. The number of non-ortho nitro benzene ring substituents is 1. The van der Waals surface area contributed by atoms with E-state index in [-0.39, 0.29) is 16.9 Å². The van der Waals surface area contributed by atoms with Crippen LogP contribution in [0.2, 0.25) is 0 Å². The van der Waals surface area contributed by atoms with Gasteiger partial charge in [-0.05, 0) is 53.2 Å². The number of aryl methyl sites for hydroxylation is 1. The summed E-state index contributed by atoms with van der Waals surface area (Å²) in [6.07, 6.45) is 2.72. The highest BCUT2D eigenvalue weighted by molar-refractivity contribution is 9.10. The van der Waals surface area contributed by atoms with Gasteiger partial charge >= 0.3 is 0 Å². The van der Waals surface area contributed by atoms with Crippen molar-refractivity contribution < 1.29 is 19.1 Å². The number of carbonyl (C=O) groups is 1. The van der Waals surface area contributed by atoms with Gasteiger partial charge in [0.05, 0.1) is 9.85 Å². The van der Waals surface area contributed by atoms with Crippen molar-refractivity contribution in [1.82, 2.24) is 0 Å². The number of rotatable bonds is 6. The van der Waals surface area contributed by atoms with Gasteiger partial charge in [0.1, 0.15) is 11.5 Å². The van der Waals surface area contributed by atoms with Crippen LogP contribution in [0.25, 0.3) is 17.4 Å². The lowest BCUT2D eigenvalue weighted by Crippen LogP contribution is -1.98. The van der Waals surface area contributed by atoms with Crippen molar-refractivity contribution in [1.29, 1.82) is 0 Å². The number of hydrogen-bond donors (Lipinski definition) is 0. The van der Waals surface area contributed by atoms with Crippen LogP contribution < -0.4 is 0 Å². The Hall–Kier alpha value is -3.59. The molecule has 2 aromatic carbocycles. The molecule has 8 nitrogen and oxygen atoms in total. The van der Waals surface area contributed by atoms with Gasteiger partial charge in [-0.2, -0.15) is 0 Å². The third-order valence-electron chi connectivity index (χ3n) is 4.15. The summed E-state index contributed by atoms with van der Waals surface area (Å²) in [7, 11) is 0. The molecule has 3 rings (SSSR count). The topological polar surface area (TPSA) is 116 Å². The zero-order chi connectivity index (χ0) is 21.1. The van der Waals surface area contributed by atoms with Gasteiger partial charge in [0, 0.05) is 39.4 Å². The maximum absolute atomic E-state index is 12.3. The molecule has 1 heterocycles. The van der Waals surface area contributed by atoms with Gasteiger partial charge < -0.3 is 4.42 Å². The van der Waals surface area contributed by atoms with Crippen LogP contribution in [-0.4, -0.2) is 15.6 Å². The van der Waals surface area contributed by atoms with Gasteiger partial charge in [0.25, 0.3) is 11.4 Å². The first kappa shape index (κ1) is 20.2. The monoisotopic (exact) mass is 456 g/mol. The molecule has 0 N–H and O–H groups in total. The first-order valence-electron chi connectivity index (χ1n) is 8.28. The molecule has 0 aliphatic heterocycles. The van der Waals surface area contributed by atoms with Crippen molar-refractivity contribution in [2.75, 3.05) is 0 Å². The lowest BCUT2D eigenvalue weighted by atomic mass is 10.1. The van der Waals surface area contributed by atoms with Crippen LogP contribution in [0.1, 0.15) is 21.7 Å². The molecule has 0 saturated heterocycles. The molecule has 0 fully saturated rings. The highest BCUT2D eigenvalue weighted by Crippen LogP contribution is 2.32. The van der Waals surface area contributed by atoms with Crippen LogP contribution in [0.5, 0.6) is 0 Å².